The van der Waals surface area contributed by atoms with E-state index in [1.165, 1.54) is 33.1 Å². The SMILES string of the molecule is COC(=O)N=C(SC)C(=Nc1ccc(-c2noc(C)n2)cc1)c1cnc(OC)c(OC)c1. The molecule has 11 heteroatoms. The quantitative estimate of drug-likeness (QED) is 0.399. The molecule has 0 atom stereocenters. The van der Waals surface area contributed by atoms with E-state index in [0.717, 1.165) is 5.56 Å². The van der Waals surface area contributed by atoms with Gasteiger partial charge in [-0.15, -0.1) is 11.8 Å². The van der Waals surface area contributed by atoms with E-state index in [1.54, 1.807) is 37.6 Å². The molecule has 2 aromatic heterocycles. The molecule has 0 aliphatic rings. The standard InChI is InChI=1S/C21H21N5O5S/c1-12-23-18(26-31-12)13-6-8-15(9-7-13)24-17(20(32-5)25-21(27)30-4)14-10-16(28-2)19(29-3)22-11-14/h6-11H,1-5H3. The fraction of sp³-hybridized carbons (Fsp3) is 0.238. The fourth-order valence-electron chi connectivity index (χ4n) is 2.65. The largest absolute Gasteiger partial charge is 0.491 e. The molecule has 0 N–H and O–H groups in total. The first kappa shape index (κ1) is 22.9. The number of hydrogen-bond acceptors (Lipinski definition) is 10. The zero-order valence-corrected chi connectivity index (χ0v) is 19.0. The van der Waals surface area contributed by atoms with Crippen LogP contribution in [0.5, 0.6) is 11.6 Å². The number of pyridine rings is 1. The maximum Gasteiger partial charge on any atom is 0.434 e. The number of aryl methyl sites for hydroxylation is 1. The minimum atomic E-state index is -0.738. The molecule has 2 heterocycles. The third kappa shape index (κ3) is 5.30. The van der Waals surface area contributed by atoms with Crippen LogP contribution in [0.15, 0.2) is 51.0 Å². The van der Waals surface area contributed by atoms with Crippen LogP contribution >= 0.6 is 11.8 Å². The predicted octanol–water partition coefficient (Wildman–Crippen LogP) is 4.11. The van der Waals surface area contributed by atoms with Crippen LogP contribution in [0, 0.1) is 6.92 Å². The van der Waals surface area contributed by atoms with Gasteiger partial charge in [-0.05, 0) is 36.6 Å². The Morgan fingerprint density at radius 1 is 1.12 bits per heavy atom. The monoisotopic (exact) mass is 455 g/mol. The van der Waals surface area contributed by atoms with Crippen LogP contribution in [-0.2, 0) is 4.74 Å². The topological polar surface area (TPSA) is 121 Å². The van der Waals surface area contributed by atoms with Gasteiger partial charge in [0.25, 0.3) is 5.88 Å². The predicted molar refractivity (Wildman–Crippen MR) is 121 cm³/mol. The average Bonchev–Trinajstić information content (AvgIpc) is 3.27. The van der Waals surface area contributed by atoms with E-state index in [1.807, 2.05) is 12.1 Å². The molecule has 0 saturated heterocycles. The van der Waals surface area contributed by atoms with Crippen LogP contribution in [0.1, 0.15) is 11.5 Å². The highest BCUT2D eigenvalue weighted by Gasteiger charge is 2.18. The van der Waals surface area contributed by atoms with Crippen LogP contribution in [0.3, 0.4) is 0 Å². The molecule has 1 aromatic carbocycles. The summed E-state index contributed by atoms with van der Waals surface area (Å²) in [5.74, 6) is 1.71. The summed E-state index contributed by atoms with van der Waals surface area (Å²) in [6, 6.07) is 8.95. The summed E-state index contributed by atoms with van der Waals surface area (Å²) < 4.78 is 20.3. The molecule has 166 valence electrons. The van der Waals surface area contributed by atoms with Crippen molar-refractivity contribution in [1.29, 1.82) is 0 Å². The maximum atomic E-state index is 11.8. The van der Waals surface area contributed by atoms with Gasteiger partial charge in [0.2, 0.25) is 11.7 Å². The minimum Gasteiger partial charge on any atom is -0.491 e. The fourth-order valence-corrected chi connectivity index (χ4v) is 3.17. The molecule has 10 nitrogen and oxygen atoms in total. The van der Waals surface area contributed by atoms with Crippen molar-refractivity contribution in [3.63, 3.8) is 0 Å². The summed E-state index contributed by atoms with van der Waals surface area (Å²) in [5.41, 5.74) is 2.39. The Balaban J connectivity index is 2.08. The molecular weight excluding hydrogens is 434 g/mol. The molecule has 0 radical (unpaired) electrons. The van der Waals surface area contributed by atoms with Crippen molar-refractivity contribution >= 4 is 34.3 Å². The second-order valence-corrected chi connectivity index (χ2v) is 6.97. The lowest BCUT2D eigenvalue weighted by atomic mass is 10.1. The van der Waals surface area contributed by atoms with Gasteiger partial charge in [-0.2, -0.15) is 9.98 Å². The molecule has 0 spiro atoms. The second kappa shape index (κ2) is 10.5. The van der Waals surface area contributed by atoms with Gasteiger partial charge < -0.3 is 18.7 Å². The van der Waals surface area contributed by atoms with Gasteiger partial charge in [-0.3, -0.25) is 0 Å². The molecule has 0 aliphatic heterocycles. The van der Waals surface area contributed by atoms with Gasteiger partial charge in [0.15, 0.2) is 5.75 Å². The van der Waals surface area contributed by atoms with Gasteiger partial charge in [-0.1, -0.05) is 5.16 Å². The Kier molecular flexibility index (Phi) is 7.55. The smallest absolute Gasteiger partial charge is 0.434 e. The second-order valence-electron chi connectivity index (χ2n) is 6.17. The first-order chi connectivity index (χ1) is 15.5. The van der Waals surface area contributed by atoms with Gasteiger partial charge in [0, 0.05) is 24.2 Å². The normalized spacial score (nSPS) is 11.9. The lowest BCUT2D eigenvalue weighted by Gasteiger charge is -2.11. The first-order valence-corrected chi connectivity index (χ1v) is 10.5. The maximum absolute atomic E-state index is 11.8. The van der Waals surface area contributed by atoms with Crippen molar-refractivity contribution in [2.24, 2.45) is 9.98 Å². The Hall–Kier alpha value is -3.73. The minimum absolute atomic E-state index is 0.325. The highest BCUT2D eigenvalue weighted by Crippen LogP contribution is 2.27. The van der Waals surface area contributed by atoms with E-state index in [9.17, 15) is 4.79 Å². The summed E-state index contributed by atoms with van der Waals surface area (Å²) in [5, 5.41) is 4.26. The number of hydrogen-bond donors (Lipinski definition) is 0. The number of aliphatic imine (C=N–C) groups is 2. The molecule has 32 heavy (non-hydrogen) atoms. The van der Waals surface area contributed by atoms with Crippen molar-refractivity contribution < 1.29 is 23.5 Å². The van der Waals surface area contributed by atoms with Crippen molar-refractivity contribution in [2.45, 2.75) is 6.92 Å². The van der Waals surface area contributed by atoms with Crippen molar-refractivity contribution in [1.82, 2.24) is 15.1 Å². The molecule has 0 saturated carbocycles. The number of carbonyl (C=O) groups excluding carboxylic acids is 1. The summed E-state index contributed by atoms with van der Waals surface area (Å²) in [4.78, 5) is 29.0. The van der Waals surface area contributed by atoms with Gasteiger partial charge in [0.1, 0.15) is 10.8 Å². The van der Waals surface area contributed by atoms with Gasteiger partial charge in [-0.25, -0.2) is 14.8 Å². The van der Waals surface area contributed by atoms with Crippen molar-refractivity contribution in [2.75, 3.05) is 27.6 Å². The van der Waals surface area contributed by atoms with Crippen LogP contribution in [0.2, 0.25) is 0 Å². The van der Waals surface area contributed by atoms with E-state index < -0.39 is 6.09 Å². The van der Waals surface area contributed by atoms with E-state index >= 15 is 0 Å². The summed E-state index contributed by atoms with van der Waals surface area (Å²) >= 11 is 1.25. The number of nitrogens with zero attached hydrogens (tertiary/aromatic N) is 5. The highest BCUT2D eigenvalue weighted by atomic mass is 32.2. The van der Waals surface area contributed by atoms with E-state index in [2.05, 4.69) is 24.9 Å². The first-order valence-electron chi connectivity index (χ1n) is 9.27. The lowest BCUT2D eigenvalue weighted by Crippen LogP contribution is -2.15. The molecule has 0 fully saturated rings. The number of benzene rings is 1. The zero-order valence-electron chi connectivity index (χ0n) is 18.1. The summed E-state index contributed by atoms with van der Waals surface area (Å²) in [7, 11) is 4.27. The number of thioether (sulfide) groups is 1. The van der Waals surface area contributed by atoms with Gasteiger partial charge >= 0.3 is 6.09 Å². The van der Waals surface area contributed by atoms with Crippen molar-refractivity contribution in [3.05, 3.63) is 48.0 Å². The van der Waals surface area contributed by atoms with Crippen LogP contribution in [-0.4, -0.2) is 59.6 Å². The van der Waals surface area contributed by atoms with E-state index in [0.29, 0.717) is 45.4 Å². The van der Waals surface area contributed by atoms with E-state index in [-0.39, 0.29) is 0 Å². The Labute approximate surface area is 188 Å². The Morgan fingerprint density at radius 3 is 2.44 bits per heavy atom. The number of methoxy groups -OCH3 is 3. The molecule has 0 unspecified atom stereocenters. The molecular formula is C21H21N5O5S. The molecule has 1 amide bonds. The number of ether oxygens (including phenoxy) is 3. The van der Waals surface area contributed by atoms with Crippen LogP contribution in [0.4, 0.5) is 10.5 Å². The molecule has 0 aliphatic carbocycles. The average molecular weight is 455 g/mol. The molecule has 3 rings (SSSR count). The summed E-state index contributed by atoms with van der Waals surface area (Å²) in [6.07, 6.45) is 2.62. The Bertz CT molecular complexity index is 1160. The lowest BCUT2D eigenvalue weighted by molar-refractivity contribution is 0.183. The number of carbonyl (C=O) groups is 1. The van der Waals surface area contributed by atoms with Crippen LogP contribution in [0.25, 0.3) is 11.4 Å². The molecule has 3 aromatic rings. The summed E-state index contributed by atoms with van der Waals surface area (Å²) in [6.45, 7) is 1.73. The Morgan fingerprint density at radius 2 is 1.88 bits per heavy atom. The number of rotatable bonds is 6. The van der Waals surface area contributed by atoms with Crippen LogP contribution < -0.4 is 9.47 Å². The third-order valence-corrected chi connectivity index (χ3v) is 4.83. The van der Waals surface area contributed by atoms with E-state index in [4.69, 9.17) is 19.0 Å². The number of aromatic nitrogens is 3. The van der Waals surface area contributed by atoms with Gasteiger partial charge in [0.05, 0.1) is 27.0 Å². The number of amides is 1. The molecule has 0 bridgehead atoms. The van der Waals surface area contributed by atoms with Crippen molar-refractivity contribution in [3.8, 4) is 23.0 Å². The third-order valence-electron chi connectivity index (χ3n) is 4.16. The highest BCUT2D eigenvalue weighted by molar-refractivity contribution is 8.15. The zero-order chi connectivity index (χ0) is 23.1.